The fraction of sp³-hybridized carbons (Fsp3) is 0.455. The molecule has 24 heavy (non-hydrogen) atoms. The Bertz CT molecular complexity index is 587. The van der Waals surface area contributed by atoms with Crippen LogP contribution in [0.3, 0.4) is 0 Å². The molecule has 0 aliphatic heterocycles. The normalized spacial score (nSPS) is 13.2. The molecule has 0 atom stereocenters. The van der Waals surface area contributed by atoms with E-state index < -0.39 is 0 Å². The molecule has 0 saturated heterocycles. The number of hydrogen-bond acceptors (Lipinski definition) is 1. The predicted molar refractivity (Wildman–Crippen MR) is 107 cm³/mol. The molecule has 1 nitrogen and oxygen atoms in total. The zero-order valence-corrected chi connectivity index (χ0v) is 18.1. The van der Waals surface area contributed by atoms with E-state index in [-0.39, 0.29) is 16.2 Å². The molecule has 0 radical (unpaired) electrons. The Balaban J connectivity index is 2.80. The number of benzene rings is 2. The molecule has 0 amide bonds. The fourth-order valence-electron chi connectivity index (χ4n) is 4.75. The average molecular weight is 341 g/mol. The van der Waals surface area contributed by atoms with Crippen LogP contribution in [0.15, 0.2) is 60.7 Å². The summed E-state index contributed by atoms with van der Waals surface area (Å²) in [6.45, 7) is 12.7. The minimum atomic E-state index is -0.0946. The first-order valence-corrected chi connectivity index (χ1v) is 9.69. The van der Waals surface area contributed by atoms with Crippen molar-refractivity contribution in [3.05, 3.63) is 71.8 Å². The Kier molecular flexibility index (Phi) is 5.72. The molecule has 0 aromatic heterocycles. The van der Waals surface area contributed by atoms with Crippen LogP contribution < -0.4 is 0 Å². The van der Waals surface area contributed by atoms with Crippen LogP contribution in [0.1, 0.15) is 52.2 Å². The molecule has 0 fully saturated rings. The lowest BCUT2D eigenvalue weighted by atomic mass is 9.47. The second-order valence-corrected chi connectivity index (χ2v) is 8.94. The highest BCUT2D eigenvalue weighted by atomic mass is 28.2. The predicted octanol–water partition coefficient (Wildman–Crippen LogP) is 4.73. The molecular formula is C22H32OSi. The summed E-state index contributed by atoms with van der Waals surface area (Å²) in [7, 11) is 0.799. The van der Waals surface area contributed by atoms with Gasteiger partial charge < -0.3 is 4.43 Å². The third kappa shape index (κ3) is 3.22. The van der Waals surface area contributed by atoms with E-state index in [1.165, 1.54) is 11.1 Å². The summed E-state index contributed by atoms with van der Waals surface area (Å²) in [6, 6.07) is 22.0. The zero-order valence-electron chi connectivity index (χ0n) is 16.1. The SMILES string of the molecule is CC(C)(C)C(c1ccccc1)(c1ccccc1)C(C)(C)CCO[SiH3]. The van der Waals surface area contributed by atoms with E-state index in [4.69, 9.17) is 4.43 Å². The van der Waals surface area contributed by atoms with Crippen molar-refractivity contribution in [2.45, 2.75) is 46.5 Å². The third-order valence-corrected chi connectivity index (χ3v) is 5.89. The van der Waals surface area contributed by atoms with Gasteiger partial charge in [0.2, 0.25) is 0 Å². The molecule has 2 rings (SSSR count). The van der Waals surface area contributed by atoms with Crippen LogP contribution >= 0.6 is 0 Å². The van der Waals surface area contributed by atoms with Gasteiger partial charge in [-0.1, -0.05) is 95.3 Å². The maximum absolute atomic E-state index is 5.60. The number of rotatable bonds is 6. The minimum Gasteiger partial charge on any atom is -0.428 e. The van der Waals surface area contributed by atoms with Crippen molar-refractivity contribution in [2.75, 3.05) is 6.61 Å². The second-order valence-electron chi connectivity index (χ2n) is 8.36. The highest BCUT2D eigenvalue weighted by molar-refractivity contribution is 5.97. The van der Waals surface area contributed by atoms with Crippen molar-refractivity contribution in [3.63, 3.8) is 0 Å². The van der Waals surface area contributed by atoms with Crippen molar-refractivity contribution >= 4 is 10.5 Å². The second kappa shape index (κ2) is 7.24. The van der Waals surface area contributed by atoms with Crippen LogP contribution in [0, 0.1) is 10.8 Å². The molecule has 2 heteroatoms. The molecule has 130 valence electrons. The quantitative estimate of drug-likeness (QED) is 0.691. The highest BCUT2D eigenvalue weighted by Crippen LogP contribution is 2.58. The summed E-state index contributed by atoms with van der Waals surface area (Å²) in [5, 5.41) is 0. The van der Waals surface area contributed by atoms with Crippen molar-refractivity contribution in [2.24, 2.45) is 10.8 Å². The molecule has 0 bridgehead atoms. The molecule has 0 saturated carbocycles. The molecule has 0 N–H and O–H groups in total. The molecule has 0 aliphatic rings. The van der Waals surface area contributed by atoms with Crippen molar-refractivity contribution in [1.82, 2.24) is 0 Å². The maximum atomic E-state index is 5.60. The molecule has 2 aromatic carbocycles. The lowest BCUT2D eigenvalue weighted by molar-refractivity contribution is 0.0554. The van der Waals surface area contributed by atoms with Crippen LogP contribution in [0.4, 0.5) is 0 Å². The Morgan fingerprint density at radius 3 is 1.50 bits per heavy atom. The highest BCUT2D eigenvalue weighted by Gasteiger charge is 2.54. The van der Waals surface area contributed by atoms with Crippen LogP contribution in [0.5, 0.6) is 0 Å². The summed E-state index contributed by atoms with van der Waals surface area (Å²) < 4.78 is 5.60. The van der Waals surface area contributed by atoms with Crippen LogP contribution in [0.25, 0.3) is 0 Å². The summed E-state index contributed by atoms with van der Waals surface area (Å²) in [5.74, 6) is 0. The van der Waals surface area contributed by atoms with E-state index in [1.54, 1.807) is 0 Å². The molecule has 2 aromatic rings. The topological polar surface area (TPSA) is 9.23 Å². The summed E-state index contributed by atoms with van der Waals surface area (Å²) in [4.78, 5) is 0. The van der Waals surface area contributed by atoms with E-state index in [9.17, 15) is 0 Å². The first-order valence-electron chi connectivity index (χ1n) is 8.87. The van der Waals surface area contributed by atoms with Gasteiger partial charge in [-0.25, -0.2) is 0 Å². The summed E-state index contributed by atoms with van der Waals surface area (Å²) >= 11 is 0. The molecule has 0 spiro atoms. The molecule has 0 heterocycles. The lowest BCUT2D eigenvalue weighted by Crippen LogP contribution is -2.52. The van der Waals surface area contributed by atoms with Crippen molar-refractivity contribution in [1.29, 1.82) is 0 Å². The van der Waals surface area contributed by atoms with Crippen molar-refractivity contribution < 1.29 is 4.43 Å². The summed E-state index contributed by atoms with van der Waals surface area (Å²) in [5.41, 5.74) is 2.80. The molecular weight excluding hydrogens is 308 g/mol. The Morgan fingerprint density at radius 1 is 0.750 bits per heavy atom. The average Bonchev–Trinajstić information content (AvgIpc) is 2.54. The van der Waals surface area contributed by atoms with Gasteiger partial charge in [0.15, 0.2) is 0 Å². The van der Waals surface area contributed by atoms with E-state index in [0.717, 1.165) is 23.5 Å². The van der Waals surface area contributed by atoms with Crippen LogP contribution in [-0.4, -0.2) is 17.1 Å². The van der Waals surface area contributed by atoms with Gasteiger partial charge in [-0.3, -0.25) is 0 Å². The van der Waals surface area contributed by atoms with Crippen LogP contribution in [-0.2, 0) is 9.84 Å². The van der Waals surface area contributed by atoms with E-state index in [1.807, 2.05) is 0 Å². The van der Waals surface area contributed by atoms with Gasteiger partial charge in [-0.05, 0) is 28.4 Å². The first-order chi connectivity index (χ1) is 11.3. The van der Waals surface area contributed by atoms with Gasteiger partial charge in [-0.2, -0.15) is 0 Å². The van der Waals surface area contributed by atoms with E-state index >= 15 is 0 Å². The van der Waals surface area contributed by atoms with Gasteiger partial charge in [0.05, 0.1) is 0 Å². The van der Waals surface area contributed by atoms with Gasteiger partial charge in [-0.15, -0.1) is 0 Å². The standard InChI is InChI=1S/C22H32OSi/c1-20(2,3)22(18-12-8-6-9-13-18,19-14-10-7-11-15-19)21(4,5)16-17-23-24/h6-15H,16-17H2,1-5,24H3. The number of hydrogen-bond donors (Lipinski definition) is 0. The van der Waals surface area contributed by atoms with Gasteiger partial charge >= 0.3 is 0 Å². The molecule has 0 unspecified atom stereocenters. The Labute approximate surface area is 151 Å². The van der Waals surface area contributed by atoms with Gasteiger partial charge in [0, 0.05) is 12.0 Å². The van der Waals surface area contributed by atoms with Crippen molar-refractivity contribution in [3.8, 4) is 0 Å². The van der Waals surface area contributed by atoms with E-state index in [2.05, 4.69) is 95.3 Å². The summed E-state index contributed by atoms with van der Waals surface area (Å²) in [6.07, 6.45) is 1.04. The largest absolute Gasteiger partial charge is 0.428 e. The van der Waals surface area contributed by atoms with Gasteiger partial charge in [0.25, 0.3) is 0 Å². The Hall–Kier alpha value is -1.38. The monoisotopic (exact) mass is 340 g/mol. The van der Waals surface area contributed by atoms with E-state index in [0.29, 0.717) is 0 Å². The smallest absolute Gasteiger partial charge is 0.145 e. The lowest BCUT2D eigenvalue weighted by Gasteiger charge is -2.56. The minimum absolute atomic E-state index is 0.0539. The zero-order chi connectivity index (χ0) is 17.8. The van der Waals surface area contributed by atoms with Gasteiger partial charge in [0.1, 0.15) is 10.5 Å². The Morgan fingerprint density at radius 2 is 1.17 bits per heavy atom. The first kappa shape index (κ1) is 18.9. The van der Waals surface area contributed by atoms with Crippen LogP contribution in [0.2, 0.25) is 0 Å². The third-order valence-electron chi connectivity index (χ3n) is 5.48. The molecule has 0 aliphatic carbocycles. The maximum Gasteiger partial charge on any atom is 0.145 e. The fourth-order valence-corrected chi connectivity index (χ4v) is 4.95.